The summed E-state index contributed by atoms with van der Waals surface area (Å²) in [7, 11) is 0. The standard InChI is InChI=1S/C20H23ClFN3O/c21-17-3-7-19(8-4-17)25-13-11-24(12-14-25)10-9-23-20(26)15-16-1-5-18(22)6-2-16/h1-8H,9-15H2,(H,23,26). The molecule has 0 saturated carbocycles. The van der Waals surface area contributed by atoms with Crippen molar-refractivity contribution in [3.8, 4) is 0 Å². The summed E-state index contributed by atoms with van der Waals surface area (Å²) < 4.78 is 12.9. The van der Waals surface area contributed by atoms with E-state index in [-0.39, 0.29) is 18.1 Å². The first-order chi connectivity index (χ1) is 12.6. The van der Waals surface area contributed by atoms with Gasteiger partial charge >= 0.3 is 0 Å². The van der Waals surface area contributed by atoms with Gasteiger partial charge in [-0.15, -0.1) is 0 Å². The number of anilines is 1. The number of benzene rings is 2. The summed E-state index contributed by atoms with van der Waals surface area (Å²) in [4.78, 5) is 16.7. The van der Waals surface area contributed by atoms with Crippen molar-refractivity contribution >= 4 is 23.2 Å². The maximum absolute atomic E-state index is 12.9. The van der Waals surface area contributed by atoms with Gasteiger partial charge in [-0.25, -0.2) is 4.39 Å². The van der Waals surface area contributed by atoms with Crippen LogP contribution in [0.1, 0.15) is 5.56 Å². The molecule has 0 unspecified atom stereocenters. The Balaban J connectivity index is 1.35. The first-order valence-electron chi connectivity index (χ1n) is 8.84. The SMILES string of the molecule is O=C(Cc1ccc(F)cc1)NCCN1CCN(c2ccc(Cl)cc2)CC1. The minimum absolute atomic E-state index is 0.0311. The molecule has 6 heteroatoms. The number of halogens is 2. The van der Waals surface area contributed by atoms with Crippen molar-refractivity contribution in [1.82, 2.24) is 10.2 Å². The second-order valence-electron chi connectivity index (χ2n) is 6.46. The Morgan fingerprint density at radius 1 is 1.00 bits per heavy atom. The van der Waals surface area contributed by atoms with E-state index < -0.39 is 0 Å². The van der Waals surface area contributed by atoms with Gasteiger partial charge in [0.25, 0.3) is 0 Å². The Morgan fingerprint density at radius 2 is 1.65 bits per heavy atom. The normalized spacial score (nSPS) is 15.1. The number of hydrogen-bond acceptors (Lipinski definition) is 3. The van der Waals surface area contributed by atoms with E-state index in [4.69, 9.17) is 11.6 Å². The molecule has 2 aromatic carbocycles. The number of carbonyl (C=O) groups is 1. The third-order valence-corrected chi connectivity index (χ3v) is 4.84. The lowest BCUT2D eigenvalue weighted by Crippen LogP contribution is -2.48. The molecule has 0 bridgehead atoms. The molecule has 2 aromatic rings. The molecule has 3 rings (SSSR count). The van der Waals surface area contributed by atoms with Crippen molar-refractivity contribution < 1.29 is 9.18 Å². The molecular weight excluding hydrogens is 353 g/mol. The fraction of sp³-hybridized carbons (Fsp3) is 0.350. The maximum atomic E-state index is 12.9. The third kappa shape index (κ3) is 5.44. The Morgan fingerprint density at radius 3 is 2.31 bits per heavy atom. The van der Waals surface area contributed by atoms with Gasteiger partial charge in [-0.2, -0.15) is 0 Å². The predicted molar refractivity (Wildman–Crippen MR) is 103 cm³/mol. The average Bonchev–Trinajstić information content (AvgIpc) is 2.65. The molecule has 1 N–H and O–H groups in total. The van der Waals surface area contributed by atoms with Crippen molar-refractivity contribution in [2.75, 3.05) is 44.2 Å². The lowest BCUT2D eigenvalue weighted by molar-refractivity contribution is -0.120. The monoisotopic (exact) mass is 375 g/mol. The highest BCUT2D eigenvalue weighted by Gasteiger charge is 2.17. The predicted octanol–water partition coefficient (Wildman–Crippen LogP) is 2.96. The molecule has 0 aromatic heterocycles. The van der Waals surface area contributed by atoms with E-state index >= 15 is 0 Å². The highest BCUT2D eigenvalue weighted by molar-refractivity contribution is 6.30. The van der Waals surface area contributed by atoms with Crippen LogP contribution >= 0.6 is 11.6 Å². The molecule has 0 atom stereocenters. The Bertz CT molecular complexity index is 713. The molecule has 1 fully saturated rings. The second kappa shape index (κ2) is 9.01. The number of rotatable bonds is 6. The Kier molecular flexibility index (Phi) is 6.47. The van der Waals surface area contributed by atoms with Crippen LogP contribution in [0.4, 0.5) is 10.1 Å². The molecule has 1 amide bonds. The molecule has 0 radical (unpaired) electrons. The molecule has 1 aliphatic heterocycles. The average molecular weight is 376 g/mol. The lowest BCUT2D eigenvalue weighted by atomic mass is 10.1. The third-order valence-electron chi connectivity index (χ3n) is 4.59. The smallest absolute Gasteiger partial charge is 0.224 e. The van der Waals surface area contributed by atoms with Gasteiger partial charge < -0.3 is 10.2 Å². The number of nitrogens with zero attached hydrogens (tertiary/aromatic N) is 2. The van der Waals surface area contributed by atoms with E-state index in [9.17, 15) is 9.18 Å². The minimum atomic E-state index is -0.285. The fourth-order valence-corrected chi connectivity index (χ4v) is 3.21. The van der Waals surface area contributed by atoms with Crippen LogP contribution in [0, 0.1) is 5.82 Å². The van der Waals surface area contributed by atoms with Crippen molar-refractivity contribution in [3.05, 3.63) is 64.9 Å². The summed E-state index contributed by atoms with van der Waals surface area (Å²) in [5.74, 6) is -0.316. The van der Waals surface area contributed by atoms with Crippen molar-refractivity contribution in [2.45, 2.75) is 6.42 Å². The summed E-state index contributed by atoms with van der Waals surface area (Å²) in [6, 6.07) is 14.0. The van der Waals surface area contributed by atoms with Crippen LogP contribution in [0.15, 0.2) is 48.5 Å². The largest absolute Gasteiger partial charge is 0.369 e. The molecule has 138 valence electrons. The van der Waals surface area contributed by atoms with Crippen LogP contribution in [-0.4, -0.2) is 50.1 Å². The van der Waals surface area contributed by atoms with Crippen LogP contribution in [0.5, 0.6) is 0 Å². The molecule has 1 aliphatic rings. The van der Waals surface area contributed by atoms with Gasteiger partial charge in [0, 0.05) is 50.0 Å². The maximum Gasteiger partial charge on any atom is 0.224 e. The minimum Gasteiger partial charge on any atom is -0.369 e. The van der Waals surface area contributed by atoms with Crippen LogP contribution in [-0.2, 0) is 11.2 Å². The van der Waals surface area contributed by atoms with Crippen LogP contribution in [0.25, 0.3) is 0 Å². The number of piperazine rings is 1. The van der Waals surface area contributed by atoms with Gasteiger partial charge in [0.15, 0.2) is 0 Å². The van der Waals surface area contributed by atoms with E-state index in [1.54, 1.807) is 12.1 Å². The zero-order valence-corrected chi connectivity index (χ0v) is 15.4. The van der Waals surface area contributed by atoms with Gasteiger partial charge in [-0.3, -0.25) is 9.69 Å². The van der Waals surface area contributed by atoms with Crippen LogP contribution < -0.4 is 10.2 Å². The van der Waals surface area contributed by atoms with E-state index in [1.165, 1.54) is 17.8 Å². The van der Waals surface area contributed by atoms with Crippen LogP contribution in [0.2, 0.25) is 5.02 Å². The highest BCUT2D eigenvalue weighted by atomic mass is 35.5. The van der Waals surface area contributed by atoms with E-state index in [0.717, 1.165) is 43.3 Å². The zero-order valence-electron chi connectivity index (χ0n) is 14.6. The summed E-state index contributed by atoms with van der Waals surface area (Å²) in [5, 5.41) is 3.69. The highest BCUT2D eigenvalue weighted by Crippen LogP contribution is 2.19. The number of amides is 1. The van der Waals surface area contributed by atoms with Gasteiger partial charge in [-0.1, -0.05) is 23.7 Å². The Hall–Kier alpha value is -2.11. The fourth-order valence-electron chi connectivity index (χ4n) is 3.09. The molecular formula is C20H23ClFN3O. The van der Waals surface area contributed by atoms with Crippen molar-refractivity contribution in [1.29, 1.82) is 0 Å². The Labute approximate surface area is 158 Å². The first-order valence-corrected chi connectivity index (χ1v) is 9.22. The summed E-state index contributed by atoms with van der Waals surface area (Å²) in [6.07, 6.45) is 0.282. The number of hydrogen-bond donors (Lipinski definition) is 1. The quantitative estimate of drug-likeness (QED) is 0.843. The topological polar surface area (TPSA) is 35.6 Å². The van der Waals surface area contributed by atoms with Gasteiger partial charge in [0.1, 0.15) is 5.82 Å². The summed E-state index contributed by atoms with van der Waals surface area (Å²) in [6.45, 7) is 5.33. The zero-order chi connectivity index (χ0) is 18.4. The van der Waals surface area contributed by atoms with Gasteiger partial charge in [0.2, 0.25) is 5.91 Å². The molecule has 1 heterocycles. The lowest BCUT2D eigenvalue weighted by Gasteiger charge is -2.36. The number of carbonyl (C=O) groups excluding carboxylic acids is 1. The van der Waals surface area contributed by atoms with E-state index in [2.05, 4.69) is 15.1 Å². The molecule has 0 aliphatic carbocycles. The summed E-state index contributed by atoms with van der Waals surface area (Å²) >= 11 is 5.94. The van der Waals surface area contributed by atoms with Gasteiger partial charge in [0.05, 0.1) is 6.42 Å². The molecule has 1 saturated heterocycles. The summed E-state index contributed by atoms with van der Waals surface area (Å²) in [5.41, 5.74) is 2.02. The van der Waals surface area contributed by atoms with Gasteiger partial charge in [-0.05, 0) is 42.0 Å². The second-order valence-corrected chi connectivity index (χ2v) is 6.89. The first kappa shape index (κ1) is 18.7. The molecule has 0 spiro atoms. The molecule has 26 heavy (non-hydrogen) atoms. The van der Waals surface area contributed by atoms with E-state index in [1.807, 2.05) is 24.3 Å². The van der Waals surface area contributed by atoms with Crippen LogP contribution in [0.3, 0.4) is 0 Å². The van der Waals surface area contributed by atoms with Crippen molar-refractivity contribution in [2.24, 2.45) is 0 Å². The van der Waals surface area contributed by atoms with E-state index in [0.29, 0.717) is 6.54 Å². The van der Waals surface area contributed by atoms with Crippen molar-refractivity contribution in [3.63, 3.8) is 0 Å². The number of nitrogens with one attached hydrogen (secondary N) is 1. The molecule has 4 nitrogen and oxygen atoms in total.